The van der Waals surface area contributed by atoms with Crippen LogP contribution in [0, 0.1) is 5.82 Å². The van der Waals surface area contributed by atoms with Gasteiger partial charge in [-0.2, -0.15) is 0 Å². The summed E-state index contributed by atoms with van der Waals surface area (Å²) < 4.78 is 25.2. The molecule has 3 aromatic carbocycles. The maximum atomic E-state index is 13.9. The maximum absolute atomic E-state index is 13.9. The molecule has 4 rings (SSSR count). The first kappa shape index (κ1) is 23.0. The van der Waals surface area contributed by atoms with Gasteiger partial charge < -0.3 is 14.8 Å². The highest BCUT2D eigenvalue weighted by molar-refractivity contribution is 6.46. The van der Waals surface area contributed by atoms with Crippen LogP contribution in [0.15, 0.2) is 78.5 Å². The molecule has 0 spiro atoms. The Balaban J connectivity index is 1.78. The summed E-state index contributed by atoms with van der Waals surface area (Å²) >= 11 is 0. The average Bonchev–Trinajstić information content (AvgIpc) is 3.08. The quantitative estimate of drug-likeness (QED) is 0.433. The minimum Gasteiger partial charge on any atom is -0.494 e. The Labute approximate surface area is 197 Å². The largest absolute Gasteiger partial charge is 0.494 e. The number of halogens is 1. The molecule has 0 unspecified atom stereocenters. The molecule has 0 atom stereocenters. The zero-order chi connectivity index (χ0) is 24.1. The lowest BCUT2D eigenvalue weighted by Crippen LogP contribution is -2.32. The van der Waals surface area contributed by atoms with Crippen LogP contribution in [0.2, 0.25) is 0 Å². The number of hydrogen-bond donors (Lipinski definition) is 1. The van der Waals surface area contributed by atoms with Crippen LogP contribution in [0.3, 0.4) is 0 Å². The second-order valence-corrected chi connectivity index (χ2v) is 7.60. The minimum atomic E-state index is -0.580. The summed E-state index contributed by atoms with van der Waals surface area (Å²) in [4.78, 5) is 28.0. The van der Waals surface area contributed by atoms with Crippen molar-refractivity contribution in [3.8, 4) is 11.5 Å². The van der Waals surface area contributed by atoms with Gasteiger partial charge >= 0.3 is 0 Å². The van der Waals surface area contributed by atoms with E-state index in [9.17, 15) is 14.0 Å². The van der Waals surface area contributed by atoms with Crippen LogP contribution in [-0.4, -0.2) is 25.0 Å². The van der Waals surface area contributed by atoms with Gasteiger partial charge in [-0.25, -0.2) is 9.29 Å². The number of amides is 2. The predicted octanol–water partition coefficient (Wildman–Crippen LogP) is 5.41. The summed E-state index contributed by atoms with van der Waals surface area (Å²) in [6.45, 7) is 4.89. The number of hydrogen-bond acceptors (Lipinski definition) is 5. The lowest BCUT2D eigenvalue weighted by molar-refractivity contribution is -0.120. The molecule has 6 nitrogen and oxygen atoms in total. The van der Waals surface area contributed by atoms with Crippen LogP contribution >= 0.6 is 0 Å². The van der Waals surface area contributed by atoms with Crippen molar-refractivity contribution in [1.29, 1.82) is 0 Å². The van der Waals surface area contributed by atoms with Gasteiger partial charge in [0.1, 0.15) is 23.0 Å². The first-order valence-electron chi connectivity index (χ1n) is 11.1. The van der Waals surface area contributed by atoms with Gasteiger partial charge in [0, 0.05) is 0 Å². The normalized spacial score (nSPS) is 13.4. The summed E-state index contributed by atoms with van der Waals surface area (Å²) in [5, 5.41) is 3.10. The SMILES string of the molecule is CCCOc1ccc(C2=C(Nc3ccccc3OCC)C(=O)N(c3cccc(F)c3)C2=O)cc1. The highest BCUT2D eigenvalue weighted by Gasteiger charge is 2.40. The molecule has 1 aliphatic rings. The topological polar surface area (TPSA) is 67.9 Å². The maximum Gasteiger partial charge on any atom is 0.282 e. The van der Waals surface area contributed by atoms with E-state index in [4.69, 9.17) is 9.47 Å². The zero-order valence-corrected chi connectivity index (χ0v) is 19.0. The molecule has 0 bridgehead atoms. The number of rotatable bonds is 9. The highest BCUT2D eigenvalue weighted by atomic mass is 19.1. The van der Waals surface area contributed by atoms with Crippen LogP contribution in [0.1, 0.15) is 25.8 Å². The van der Waals surface area contributed by atoms with Crippen molar-refractivity contribution in [3.05, 3.63) is 89.9 Å². The fraction of sp³-hybridized carbons (Fsp3) is 0.185. The number of carbonyl (C=O) groups excluding carboxylic acids is 2. The third-order valence-corrected chi connectivity index (χ3v) is 5.21. The van der Waals surface area contributed by atoms with Crippen LogP contribution < -0.4 is 19.7 Å². The summed E-state index contributed by atoms with van der Waals surface area (Å²) in [7, 11) is 0. The summed E-state index contributed by atoms with van der Waals surface area (Å²) in [5.74, 6) is -0.455. The Hall–Kier alpha value is -4.13. The van der Waals surface area contributed by atoms with Crippen molar-refractivity contribution in [3.63, 3.8) is 0 Å². The molecule has 1 N–H and O–H groups in total. The first-order chi connectivity index (χ1) is 16.5. The van der Waals surface area contributed by atoms with Gasteiger partial charge in [-0.3, -0.25) is 9.59 Å². The zero-order valence-electron chi connectivity index (χ0n) is 19.0. The van der Waals surface area contributed by atoms with E-state index in [1.165, 1.54) is 18.2 Å². The van der Waals surface area contributed by atoms with E-state index in [1.54, 1.807) is 42.5 Å². The van der Waals surface area contributed by atoms with E-state index in [0.29, 0.717) is 36.0 Å². The summed E-state index contributed by atoms with van der Waals surface area (Å²) in [5.41, 5.74) is 1.51. The molecule has 0 aliphatic carbocycles. The Bertz CT molecular complexity index is 1240. The van der Waals surface area contributed by atoms with E-state index in [2.05, 4.69) is 5.32 Å². The molecule has 7 heteroatoms. The molecule has 0 saturated carbocycles. The number of para-hydroxylation sites is 2. The fourth-order valence-electron chi connectivity index (χ4n) is 3.69. The molecule has 34 heavy (non-hydrogen) atoms. The first-order valence-corrected chi connectivity index (χ1v) is 11.1. The molecule has 3 aromatic rings. The smallest absolute Gasteiger partial charge is 0.282 e. The lowest BCUT2D eigenvalue weighted by Gasteiger charge is -2.16. The molecule has 174 valence electrons. The van der Waals surface area contributed by atoms with Gasteiger partial charge in [0.15, 0.2) is 0 Å². The molecule has 1 heterocycles. The van der Waals surface area contributed by atoms with Gasteiger partial charge in [0.05, 0.1) is 30.2 Å². The van der Waals surface area contributed by atoms with Crippen molar-refractivity contribution in [2.45, 2.75) is 20.3 Å². The Morgan fingerprint density at radius 1 is 0.882 bits per heavy atom. The van der Waals surface area contributed by atoms with Crippen molar-refractivity contribution in [1.82, 2.24) is 0 Å². The van der Waals surface area contributed by atoms with Crippen molar-refractivity contribution >= 4 is 28.8 Å². The van der Waals surface area contributed by atoms with Crippen molar-refractivity contribution in [2.24, 2.45) is 0 Å². The van der Waals surface area contributed by atoms with E-state index in [1.807, 2.05) is 19.9 Å². The van der Waals surface area contributed by atoms with E-state index < -0.39 is 17.6 Å². The third-order valence-electron chi connectivity index (χ3n) is 5.21. The van der Waals surface area contributed by atoms with Crippen molar-refractivity contribution in [2.75, 3.05) is 23.4 Å². The van der Waals surface area contributed by atoms with E-state index in [0.717, 1.165) is 17.4 Å². The number of imide groups is 1. The van der Waals surface area contributed by atoms with Crippen molar-refractivity contribution < 1.29 is 23.5 Å². The second kappa shape index (κ2) is 10.2. The molecule has 0 aromatic heterocycles. The van der Waals surface area contributed by atoms with Crippen LogP contribution in [0.25, 0.3) is 5.57 Å². The average molecular weight is 461 g/mol. The number of nitrogens with one attached hydrogen (secondary N) is 1. The van der Waals surface area contributed by atoms with Gasteiger partial charge in [-0.15, -0.1) is 0 Å². The summed E-state index contributed by atoms with van der Waals surface area (Å²) in [6.07, 6.45) is 0.871. The second-order valence-electron chi connectivity index (χ2n) is 7.60. The standard InChI is InChI=1S/C27H25FN2O4/c1-3-16-34-21-14-12-18(13-15-21)24-25(29-22-10-5-6-11-23(22)33-4-2)27(32)30(26(24)31)20-9-7-8-19(28)17-20/h5-15,17,29H,3-4,16H2,1-2H3. The van der Waals surface area contributed by atoms with Crippen LogP contribution in [-0.2, 0) is 9.59 Å². The fourth-order valence-corrected chi connectivity index (χ4v) is 3.69. The number of ether oxygens (including phenoxy) is 2. The lowest BCUT2D eigenvalue weighted by atomic mass is 10.0. The predicted molar refractivity (Wildman–Crippen MR) is 129 cm³/mol. The minimum absolute atomic E-state index is 0.0867. The highest BCUT2D eigenvalue weighted by Crippen LogP contribution is 2.36. The molecule has 0 fully saturated rings. The number of anilines is 2. The molecule has 1 aliphatic heterocycles. The van der Waals surface area contributed by atoms with Gasteiger partial charge in [0.25, 0.3) is 11.8 Å². The monoisotopic (exact) mass is 460 g/mol. The number of benzene rings is 3. The van der Waals surface area contributed by atoms with Gasteiger partial charge in [-0.1, -0.05) is 37.3 Å². The van der Waals surface area contributed by atoms with Gasteiger partial charge in [0.2, 0.25) is 0 Å². The summed E-state index contributed by atoms with van der Waals surface area (Å²) in [6, 6.07) is 19.5. The number of nitrogens with zero attached hydrogens (tertiary/aromatic N) is 1. The Morgan fingerprint density at radius 3 is 2.35 bits per heavy atom. The van der Waals surface area contributed by atoms with E-state index >= 15 is 0 Å². The Kier molecular flexibility index (Phi) is 6.92. The Morgan fingerprint density at radius 2 is 1.65 bits per heavy atom. The number of carbonyl (C=O) groups is 2. The van der Waals surface area contributed by atoms with Gasteiger partial charge in [-0.05, 0) is 61.4 Å². The van der Waals surface area contributed by atoms with Crippen LogP contribution in [0.4, 0.5) is 15.8 Å². The molecular formula is C27H25FN2O4. The van der Waals surface area contributed by atoms with E-state index in [-0.39, 0.29) is 17.0 Å². The molecule has 0 radical (unpaired) electrons. The molecular weight excluding hydrogens is 435 g/mol. The molecule has 0 saturated heterocycles. The third kappa shape index (κ3) is 4.64. The van der Waals surface area contributed by atoms with Crippen LogP contribution in [0.5, 0.6) is 11.5 Å². The molecule has 2 amide bonds.